The van der Waals surface area contributed by atoms with Crippen LogP contribution in [0.4, 0.5) is 5.69 Å². The Balaban J connectivity index is 1.94. The van der Waals surface area contributed by atoms with E-state index >= 15 is 0 Å². The molecule has 0 aliphatic carbocycles. The van der Waals surface area contributed by atoms with Crippen LogP contribution >= 0.6 is 0 Å². The number of ether oxygens (including phenoxy) is 3. The zero-order chi connectivity index (χ0) is 18.9. The predicted octanol–water partition coefficient (Wildman–Crippen LogP) is 4.12. The number of amides is 1. The molecule has 0 fully saturated rings. The Bertz CT molecular complexity index is 709. The molecule has 0 aliphatic rings. The smallest absolute Gasteiger partial charge is 0.265 e. The maximum Gasteiger partial charge on any atom is 0.265 e. The maximum atomic E-state index is 12.5. The number of benzene rings is 2. The van der Waals surface area contributed by atoms with Crippen molar-refractivity contribution in [1.29, 1.82) is 0 Å². The van der Waals surface area contributed by atoms with Crippen LogP contribution < -0.4 is 14.8 Å². The van der Waals surface area contributed by atoms with Crippen molar-refractivity contribution in [2.45, 2.75) is 33.8 Å². The Morgan fingerprint density at radius 1 is 1.08 bits per heavy atom. The Morgan fingerprint density at radius 2 is 1.77 bits per heavy atom. The number of carbonyl (C=O) groups excluding carboxylic acids is 1. The number of rotatable bonds is 9. The fraction of sp³-hybridized carbons (Fsp3) is 0.381. The second-order valence-corrected chi connectivity index (χ2v) is 6.04. The number of aryl methyl sites for hydroxylation is 2. The highest BCUT2D eigenvalue weighted by atomic mass is 16.5. The van der Waals surface area contributed by atoms with Crippen LogP contribution in [0.25, 0.3) is 0 Å². The first-order chi connectivity index (χ1) is 12.5. The van der Waals surface area contributed by atoms with Crippen LogP contribution in [0, 0.1) is 13.8 Å². The van der Waals surface area contributed by atoms with Crippen LogP contribution in [0.5, 0.6) is 11.5 Å². The quantitative estimate of drug-likeness (QED) is 0.686. The van der Waals surface area contributed by atoms with Crippen LogP contribution in [-0.2, 0) is 9.53 Å². The molecule has 5 heteroatoms. The highest BCUT2D eigenvalue weighted by Crippen LogP contribution is 2.24. The van der Waals surface area contributed by atoms with Gasteiger partial charge in [-0.15, -0.1) is 0 Å². The average molecular weight is 357 g/mol. The maximum absolute atomic E-state index is 12.5. The number of carbonyl (C=O) groups is 1. The molecule has 26 heavy (non-hydrogen) atoms. The molecule has 1 amide bonds. The Hall–Kier alpha value is -2.53. The van der Waals surface area contributed by atoms with Crippen LogP contribution in [0.15, 0.2) is 42.5 Å². The molecule has 0 bridgehead atoms. The van der Waals surface area contributed by atoms with E-state index in [0.717, 1.165) is 16.9 Å². The molecule has 5 nitrogen and oxygen atoms in total. The van der Waals surface area contributed by atoms with Crippen molar-refractivity contribution in [1.82, 2.24) is 0 Å². The van der Waals surface area contributed by atoms with Gasteiger partial charge in [0.2, 0.25) is 0 Å². The Morgan fingerprint density at radius 3 is 2.46 bits per heavy atom. The molecule has 0 saturated heterocycles. The zero-order valence-electron chi connectivity index (χ0n) is 15.9. The van der Waals surface area contributed by atoms with Gasteiger partial charge in [0.1, 0.15) is 18.1 Å². The minimum atomic E-state index is -0.614. The van der Waals surface area contributed by atoms with Gasteiger partial charge in [-0.3, -0.25) is 4.79 Å². The molecule has 1 atom stereocenters. The SMILES string of the molecule is CCOCCOc1cccc(NC(=O)C(C)Oc2c(C)cccc2C)c1. The number of para-hydroxylation sites is 1. The Labute approximate surface area is 155 Å². The summed E-state index contributed by atoms with van der Waals surface area (Å²) in [6, 6.07) is 13.2. The molecule has 2 aromatic rings. The van der Waals surface area contributed by atoms with Crippen molar-refractivity contribution in [3.05, 3.63) is 53.6 Å². The lowest BCUT2D eigenvalue weighted by Gasteiger charge is -2.18. The van der Waals surface area contributed by atoms with Crippen molar-refractivity contribution < 1.29 is 19.0 Å². The number of anilines is 1. The summed E-state index contributed by atoms with van der Waals surface area (Å²) in [5.41, 5.74) is 2.68. The third-order valence-electron chi connectivity index (χ3n) is 3.87. The fourth-order valence-corrected chi connectivity index (χ4v) is 2.49. The first-order valence-electron chi connectivity index (χ1n) is 8.85. The number of nitrogens with one attached hydrogen (secondary N) is 1. The van der Waals surface area contributed by atoms with E-state index in [0.29, 0.717) is 31.3 Å². The lowest BCUT2D eigenvalue weighted by atomic mass is 10.1. The molecule has 0 aromatic heterocycles. The number of hydrogen-bond acceptors (Lipinski definition) is 4. The highest BCUT2D eigenvalue weighted by Gasteiger charge is 2.17. The van der Waals surface area contributed by atoms with E-state index in [1.54, 1.807) is 13.0 Å². The topological polar surface area (TPSA) is 56.8 Å². The summed E-state index contributed by atoms with van der Waals surface area (Å²) in [7, 11) is 0. The van der Waals surface area contributed by atoms with Gasteiger partial charge in [0.15, 0.2) is 6.10 Å². The van der Waals surface area contributed by atoms with E-state index in [2.05, 4.69) is 5.32 Å². The molecular formula is C21H27NO4. The van der Waals surface area contributed by atoms with E-state index in [1.165, 1.54) is 0 Å². The summed E-state index contributed by atoms with van der Waals surface area (Å²) in [5.74, 6) is 1.23. The fourth-order valence-electron chi connectivity index (χ4n) is 2.49. The monoisotopic (exact) mass is 357 g/mol. The number of hydrogen-bond donors (Lipinski definition) is 1. The van der Waals surface area contributed by atoms with Crippen LogP contribution in [-0.4, -0.2) is 31.8 Å². The van der Waals surface area contributed by atoms with Crippen LogP contribution in [0.3, 0.4) is 0 Å². The molecule has 0 spiro atoms. The van der Waals surface area contributed by atoms with Gasteiger partial charge in [0.25, 0.3) is 5.91 Å². The molecule has 1 N–H and O–H groups in total. The minimum absolute atomic E-state index is 0.209. The van der Waals surface area contributed by atoms with Crippen molar-refractivity contribution in [2.24, 2.45) is 0 Å². The summed E-state index contributed by atoms with van der Waals surface area (Å²) in [4.78, 5) is 12.5. The predicted molar refractivity (Wildman–Crippen MR) is 103 cm³/mol. The summed E-state index contributed by atoms with van der Waals surface area (Å²) in [5, 5.41) is 2.87. The van der Waals surface area contributed by atoms with E-state index in [9.17, 15) is 4.79 Å². The largest absolute Gasteiger partial charge is 0.491 e. The van der Waals surface area contributed by atoms with E-state index < -0.39 is 6.10 Å². The summed E-state index contributed by atoms with van der Waals surface area (Å²) >= 11 is 0. The first-order valence-corrected chi connectivity index (χ1v) is 8.85. The van der Waals surface area contributed by atoms with Gasteiger partial charge in [-0.05, 0) is 51.0 Å². The van der Waals surface area contributed by atoms with E-state index in [4.69, 9.17) is 14.2 Å². The van der Waals surface area contributed by atoms with Crippen molar-refractivity contribution in [3.8, 4) is 11.5 Å². The molecule has 1 unspecified atom stereocenters. The molecule has 0 radical (unpaired) electrons. The van der Waals surface area contributed by atoms with E-state index in [-0.39, 0.29) is 5.91 Å². The molecule has 0 saturated carbocycles. The minimum Gasteiger partial charge on any atom is -0.491 e. The second kappa shape index (κ2) is 9.82. The van der Waals surface area contributed by atoms with Crippen molar-refractivity contribution in [2.75, 3.05) is 25.1 Å². The van der Waals surface area contributed by atoms with Gasteiger partial charge >= 0.3 is 0 Å². The zero-order valence-corrected chi connectivity index (χ0v) is 15.9. The van der Waals surface area contributed by atoms with Gasteiger partial charge in [-0.25, -0.2) is 0 Å². The summed E-state index contributed by atoms with van der Waals surface area (Å²) in [6.45, 7) is 9.29. The first kappa shape index (κ1) is 19.8. The second-order valence-electron chi connectivity index (χ2n) is 6.04. The van der Waals surface area contributed by atoms with Gasteiger partial charge in [-0.2, -0.15) is 0 Å². The van der Waals surface area contributed by atoms with Crippen molar-refractivity contribution >= 4 is 11.6 Å². The molecule has 0 aliphatic heterocycles. The standard InChI is InChI=1S/C21H27NO4/c1-5-24-12-13-25-19-11-7-10-18(14-19)22-21(23)17(4)26-20-15(2)8-6-9-16(20)3/h6-11,14,17H,5,12-13H2,1-4H3,(H,22,23). The third-order valence-corrected chi connectivity index (χ3v) is 3.87. The molecule has 2 aromatic carbocycles. The van der Waals surface area contributed by atoms with Gasteiger partial charge in [0, 0.05) is 18.4 Å². The average Bonchev–Trinajstić information content (AvgIpc) is 2.62. The molecular weight excluding hydrogens is 330 g/mol. The van der Waals surface area contributed by atoms with Gasteiger partial charge < -0.3 is 19.5 Å². The lowest BCUT2D eigenvalue weighted by Crippen LogP contribution is -2.30. The lowest BCUT2D eigenvalue weighted by molar-refractivity contribution is -0.122. The molecule has 0 heterocycles. The summed E-state index contributed by atoms with van der Waals surface area (Å²) in [6.07, 6.45) is -0.614. The third kappa shape index (κ3) is 5.77. The van der Waals surface area contributed by atoms with Gasteiger partial charge in [-0.1, -0.05) is 24.3 Å². The summed E-state index contributed by atoms with van der Waals surface area (Å²) < 4.78 is 16.7. The van der Waals surface area contributed by atoms with Crippen LogP contribution in [0.1, 0.15) is 25.0 Å². The van der Waals surface area contributed by atoms with Crippen molar-refractivity contribution in [3.63, 3.8) is 0 Å². The van der Waals surface area contributed by atoms with Gasteiger partial charge in [0.05, 0.1) is 6.61 Å². The highest BCUT2D eigenvalue weighted by molar-refractivity contribution is 5.94. The normalized spacial score (nSPS) is 11.7. The molecule has 140 valence electrons. The van der Waals surface area contributed by atoms with E-state index in [1.807, 2.05) is 57.2 Å². The molecule has 2 rings (SSSR count). The Kier molecular flexibility index (Phi) is 7.48. The van der Waals surface area contributed by atoms with Crippen LogP contribution in [0.2, 0.25) is 0 Å².